The van der Waals surface area contributed by atoms with Crippen molar-refractivity contribution in [3.63, 3.8) is 0 Å². The van der Waals surface area contributed by atoms with Crippen LogP contribution in [0.3, 0.4) is 0 Å². The number of amides is 1. The van der Waals surface area contributed by atoms with Crippen LogP contribution in [0.25, 0.3) is 0 Å². The highest BCUT2D eigenvalue weighted by Gasteiger charge is 2.33. The van der Waals surface area contributed by atoms with E-state index in [1.54, 1.807) is 20.8 Å². The Morgan fingerprint density at radius 3 is 2.38 bits per heavy atom. The van der Waals surface area contributed by atoms with E-state index in [9.17, 15) is 18.0 Å². The van der Waals surface area contributed by atoms with Crippen molar-refractivity contribution in [3.05, 3.63) is 29.3 Å². The summed E-state index contributed by atoms with van der Waals surface area (Å²) in [5, 5.41) is 2.73. The Morgan fingerprint density at radius 2 is 1.90 bits per heavy atom. The van der Waals surface area contributed by atoms with Gasteiger partial charge in [0.2, 0.25) is 0 Å². The number of alkyl halides is 4. The molecule has 0 bridgehead atoms. The van der Waals surface area contributed by atoms with Gasteiger partial charge in [-0.05, 0) is 44.9 Å². The number of halogens is 4. The summed E-state index contributed by atoms with van der Waals surface area (Å²) in [4.78, 5) is 11.6. The van der Waals surface area contributed by atoms with Crippen molar-refractivity contribution in [2.75, 3.05) is 10.6 Å². The largest absolute Gasteiger partial charge is 0.444 e. The third-order valence-electron chi connectivity index (χ3n) is 2.42. The predicted octanol–water partition coefficient (Wildman–Crippen LogP) is 4.99. The van der Waals surface area contributed by atoms with E-state index in [4.69, 9.17) is 4.74 Å². The van der Waals surface area contributed by atoms with E-state index in [0.29, 0.717) is 5.33 Å². The standard InChI is InChI=1S/C14H17BrF3NO2/c1-13(2,3)21-12(20)19-10-5-4-9(6-7-15)11(8-10)14(16,17)18/h4-5,8H,6-7H2,1-3H3,(H,19,20). The first-order valence-electron chi connectivity index (χ1n) is 6.29. The molecule has 0 saturated carbocycles. The maximum atomic E-state index is 13.0. The van der Waals surface area contributed by atoms with Gasteiger partial charge in [-0.1, -0.05) is 22.0 Å². The number of hydrogen-bond donors (Lipinski definition) is 1. The van der Waals surface area contributed by atoms with Gasteiger partial charge >= 0.3 is 12.3 Å². The van der Waals surface area contributed by atoms with Crippen LogP contribution < -0.4 is 5.32 Å². The van der Waals surface area contributed by atoms with Crippen LogP contribution in [0.2, 0.25) is 0 Å². The fourth-order valence-electron chi connectivity index (χ4n) is 1.66. The lowest BCUT2D eigenvalue weighted by molar-refractivity contribution is -0.138. The molecule has 0 saturated heterocycles. The normalized spacial score (nSPS) is 12.1. The number of carbonyl (C=O) groups excluding carboxylic acids is 1. The Kier molecular flexibility index (Phi) is 5.67. The number of ether oxygens (including phenoxy) is 1. The molecular weight excluding hydrogens is 351 g/mol. The minimum absolute atomic E-state index is 0.0508. The highest BCUT2D eigenvalue weighted by Crippen LogP contribution is 2.34. The number of rotatable bonds is 3. The number of hydrogen-bond acceptors (Lipinski definition) is 2. The molecule has 118 valence electrons. The van der Waals surface area contributed by atoms with Gasteiger partial charge in [0.1, 0.15) is 5.60 Å². The summed E-state index contributed by atoms with van der Waals surface area (Å²) in [6, 6.07) is 3.70. The number of aryl methyl sites for hydroxylation is 1. The van der Waals surface area contributed by atoms with Crippen LogP contribution in [0.5, 0.6) is 0 Å². The van der Waals surface area contributed by atoms with E-state index < -0.39 is 23.4 Å². The molecule has 7 heteroatoms. The molecule has 0 atom stereocenters. The van der Waals surface area contributed by atoms with Crippen LogP contribution in [0, 0.1) is 0 Å². The lowest BCUT2D eigenvalue weighted by atomic mass is 10.0. The van der Waals surface area contributed by atoms with Gasteiger partial charge in [0.15, 0.2) is 0 Å². The van der Waals surface area contributed by atoms with E-state index >= 15 is 0 Å². The molecule has 1 aromatic rings. The van der Waals surface area contributed by atoms with Crippen LogP contribution in [0.1, 0.15) is 31.9 Å². The molecule has 1 aromatic carbocycles. The molecule has 1 amide bonds. The van der Waals surface area contributed by atoms with E-state index in [0.717, 1.165) is 6.07 Å². The van der Waals surface area contributed by atoms with Gasteiger partial charge < -0.3 is 4.74 Å². The smallest absolute Gasteiger partial charge is 0.416 e. The van der Waals surface area contributed by atoms with E-state index in [2.05, 4.69) is 21.2 Å². The third-order valence-corrected chi connectivity index (χ3v) is 2.82. The maximum Gasteiger partial charge on any atom is 0.416 e. The van der Waals surface area contributed by atoms with Crippen molar-refractivity contribution in [2.24, 2.45) is 0 Å². The van der Waals surface area contributed by atoms with Crippen LogP contribution in [0.15, 0.2) is 18.2 Å². The molecule has 1 N–H and O–H groups in total. The van der Waals surface area contributed by atoms with Crippen LogP contribution in [-0.4, -0.2) is 17.0 Å². The van der Waals surface area contributed by atoms with E-state index in [1.165, 1.54) is 12.1 Å². The van der Waals surface area contributed by atoms with Gasteiger partial charge in [-0.15, -0.1) is 0 Å². The first-order valence-corrected chi connectivity index (χ1v) is 7.41. The number of anilines is 1. The van der Waals surface area contributed by atoms with Gasteiger partial charge in [0, 0.05) is 11.0 Å². The molecule has 0 radical (unpaired) electrons. The summed E-state index contributed by atoms with van der Waals surface area (Å²) >= 11 is 3.12. The van der Waals surface area contributed by atoms with Crippen LogP contribution >= 0.6 is 15.9 Å². The summed E-state index contributed by atoms with van der Waals surface area (Å²) in [5.74, 6) is 0. The Morgan fingerprint density at radius 1 is 1.29 bits per heavy atom. The molecule has 21 heavy (non-hydrogen) atoms. The minimum atomic E-state index is -4.47. The fourth-order valence-corrected chi connectivity index (χ4v) is 2.09. The molecule has 1 rings (SSSR count). The Labute approximate surface area is 130 Å². The van der Waals surface area contributed by atoms with Gasteiger partial charge in [-0.2, -0.15) is 13.2 Å². The summed E-state index contributed by atoms with van der Waals surface area (Å²) in [7, 11) is 0. The predicted molar refractivity (Wildman–Crippen MR) is 78.8 cm³/mol. The monoisotopic (exact) mass is 367 g/mol. The molecular formula is C14H17BrF3NO2. The van der Waals surface area contributed by atoms with Gasteiger partial charge in [0.25, 0.3) is 0 Å². The average molecular weight is 368 g/mol. The van der Waals surface area contributed by atoms with Crippen molar-refractivity contribution in [1.29, 1.82) is 0 Å². The Balaban J connectivity index is 2.98. The van der Waals surface area contributed by atoms with Crippen molar-refractivity contribution >= 4 is 27.7 Å². The van der Waals surface area contributed by atoms with Crippen LogP contribution in [0.4, 0.5) is 23.7 Å². The Bertz CT molecular complexity index is 510. The second-order valence-electron chi connectivity index (χ2n) is 5.44. The maximum absolute atomic E-state index is 13.0. The van der Waals surface area contributed by atoms with Gasteiger partial charge in [-0.3, -0.25) is 5.32 Å². The zero-order valence-electron chi connectivity index (χ0n) is 12.0. The SMILES string of the molecule is CC(C)(C)OC(=O)Nc1ccc(CCBr)c(C(F)(F)F)c1. The summed E-state index contributed by atoms with van der Waals surface area (Å²) in [6.45, 7) is 5.02. The number of nitrogens with one attached hydrogen (secondary N) is 1. The van der Waals surface area contributed by atoms with Crippen molar-refractivity contribution in [2.45, 2.75) is 39.0 Å². The van der Waals surface area contributed by atoms with E-state index in [-0.39, 0.29) is 17.7 Å². The fraction of sp³-hybridized carbons (Fsp3) is 0.500. The number of carbonyl (C=O) groups is 1. The minimum Gasteiger partial charge on any atom is -0.444 e. The summed E-state index contributed by atoms with van der Waals surface area (Å²) < 4.78 is 44.0. The highest BCUT2D eigenvalue weighted by atomic mass is 79.9. The molecule has 0 aliphatic heterocycles. The molecule has 0 unspecified atom stereocenters. The average Bonchev–Trinajstić information content (AvgIpc) is 2.27. The quantitative estimate of drug-likeness (QED) is 0.764. The zero-order valence-corrected chi connectivity index (χ0v) is 13.6. The molecule has 0 heterocycles. The van der Waals surface area contributed by atoms with Gasteiger partial charge in [0.05, 0.1) is 5.56 Å². The molecule has 3 nitrogen and oxygen atoms in total. The van der Waals surface area contributed by atoms with Gasteiger partial charge in [-0.25, -0.2) is 4.79 Å². The lowest BCUT2D eigenvalue weighted by Crippen LogP contribution is -2.27. The zero-order chi connectivity index (χ0) is 16.3. The molecule has 0 aliphatic carbocycles. The topological polar surface area (TPSA) is 38.3 Å². The van der Waals surface area contributed by atoms with Crippen LogP contribution in [-0.2, 0) is 17.3 Å². The molecule has 0 spiro atoms. The molecule has 0 aromatic heterocycles. The summed E-state index contributed by atoms with van der Waals surface area (Å²) in [6.07, 6.45) is -5.01. The lowest BCUT2D eigenvalue weighted by Gasteiger charge is -2.20. The highest BCUT2D eigenvalue weighted by molar-refractivity contribution is 9.09. The van der Waals surface area contributed by atoms with Crippen molar-refractivity contribution in [3.8, 4) is 0 Å². The first kappa shape index (κ1) is 17.8. The second kappa shape index (κ2) is 6.68. The third kappa shape index (κ3) is 5.95. The molecule has 0 fully saturated rings. The van der Waals surface area contributed by atoms with Crippen molar-refractivity contribution < 1.29 is 22.7 Å². The van der Waals surface area contributed by atoms with Crippen molar-refractivity contribution in [1.82, 2.24) is 0 Å². The number of benzene rings is 1. The second-order valence-corrected chi connectivity index (χ2v) is 6.23. The first-order chi connectivity index (χ1) is 9.53. The Hall–Kier alpha value is -1.24. The van der Waals surface area contributed by atoms with E-state index in [1.807, 2.05) is 0 Å². The molecule has 0 aliphatic rings. The summed E-state index contributed by atoms with van der Waals surface area (Å²) in [5.41, 5.74) is -1.24.